The molecule has 0 saturated heterocycles. The first-order valence-corrected chi connectivity index (χ1v) is 5.63. The second-order valence-electron chi connectivity index (χ2n) is 3.69. The zero-order valence-electron chi connectivity index (χ0n) is 10.0. The number of hydrogen-bond donors (Lipinski definition) is 1. The molecule has 0 aliphatic heterocycles. The lowest BCUT2D eigenvalue weighted by molar-refractivity contribution is 0.0317. The van der Waals surface area contributed by atoms with Gasteiger partial charge in [-0.2, -0.15) is 0 Å². The van der Waals surface area contributed by atoms with Gasteiger partial charge >= 0.3 is 0 Å². The van der Waals surface area contributed by atoms with E-state index in [1.807, 2.05) is 6.92 Å². The molecule has 0 radical (unpaired) electrons. The second kappa shape index (κ2) is 9.50. The van der Waals surface area contributed by atoms with Crippen LogP contribution in [0.15, 0.2) is 0 Å². The summed E-state index contributed by atoms with van der Waals surface area (Å²) < 4.78 is 10.9. The van der Waals surface area contributed by atoms with Crippen molar-refractivity contribution in [1.82, 2.24) is 5.32 Å². The van der Waals surface area contributed by atoms with E-state index in [1.54, 1.807) is 0 Å². The van der Waals surface area contributed by atoms with E-state index in [0.717, 1.165) is 32.7 Å². The topological polar surface area (TPSA) is 30.5 Å². The van der Waals surface area contributed by atoms with Crippen molar-refractivity contribution in [2.45, 2.75) is 39.2 Å². The maximum Gasteiger partial charge on any atom is 0.102 e. The molecule has 0 aliphatic carbocycles. The summed E-state index contributed by atoms with van der Waals surface area (Å²) >= 11 is 0. The van der Waals surface area contributed by atoms with Gasteiger partial charge in [-0.15, -0.1) is 0 Å². The Bertz CT molecular complexity index is 115. The fourth-order valence-electron chi connectivity index (χ4n) is 1.08. The minimum absolute atomic E-state index is 0.294. The van der Waals surface area contributed by atoms with Gasteiger partial charge in [0.2, 0.25) is 0 Å². The number of nitrogens with one attached hydrogen (secondary N) is 1. The summed E-state index contributed by atoms with van der Waals surface area (Å²) in [6, 6.07) is 0.331. The lowest BCUT2D eigenvalue weighted by Crippen LogP contribution is -2.38. The van der Waals surface area contributed by atoms with Crippen molar-refractivity contribution in [1.29, 1.82) is 0 Å². The van der Waals surface area contributed by atoms with Crippen molar-refractivity contribution in [3.05, 3.63) is 0 Å². The van der Waals surface area contributed by atoms with Crippen molar-refractivity contribution in [2.75, 3.05) is 26.4 Å². The lowest BCUT2D eigenvalue weighted by atomic mass is 10.1. The van der Waals surface area contributed by atoms with Crippen molar-refractivity contribution >= 4 is 7.85 Å². The Morgan fingerprint density at radius 2 is 2.00 bits per heavy atom. The normalized spacial score (nSPS) is 13.4. The first-order valence-electron chi connectivity index (χ1n) is 5.63. The zero-order chi connectivity index (χ0) is 10.8. The Balaban J connectivity index is 3.60. The number of rotatable bonds is 9. The van der Waals surface area contributed by atoms with E-state index in [9.17, 15) is 0 Å². The molecule has 1 atom stereocenters. The van der Waals surface area contributed by atoms with E-state index < -0.39 is 0 Å². The van der Waals surface area contributed by atoms with Gasteiger partial charge in [-0.1, -0.05) is 6.32 Å². The summed E-state index contributed by atoms with van der Waals surface area (Å²) in [4.78, 5) is 0. The van der Waals surface area contributed by atoms with Crippen LogP contribution < -0.4 is 5.32 Å². The van der Waals surface area contributed by atoms with E-state index in [1.165, 1.54) is 0 Å². The Hall–Kier alpha value is -0.0551. The van der Waals surface area contributed by atoms with Gasteiger partial charge in [-0.3, -0.25) is 0 Å². The molecule has 0 fully saturated rings. The molecule has 3 nitrogen and oxygen atoms in total. The van der Waals surface area contributed by atoms with Crippen LogP contribution in [0.2, 0.25) is 6.32 Å². The smallest absolute Gasteiger partial charge is 0.102 e. The van der Waals surface area contributed by atoms with Crippen LogP contribution in [0.5, 0.6) is 0 Å². The van der Waals surface area contributed by atoms with Crippen molar-refractivity contribution in [2.24, 2.45) is 0 Å². The summed E-state index contributed by atoms with van der Waals surface area (Å²) in [5.74, 6) is 0. The standard InChI is InChI=1S/C10H24BNO2/c1-4-13-7-10(12-6-5-11)8-14-9(2)3/h9-10,12H,4-8,11H2,1-3H3. The fourth-order valence-corrected chi connectivity index (χ4v) is 1.08. The third-order valence-corrected chi connectivity index (χ3v) is 1.84. The highest BCUT2D eigenvalue weighted by molar-refractivity contribution is 6.08. The Morgan fingerprint density at radius 3 is 2.50 bits per heavy atom. The molecular formula is C10H24BNO2. The Labute approximate surface area is 89.0 Å². The summed E-state index contributed by atoms with van der Waals surface area (Å²) in [6.07, 6.45) is 1.44. The molecule has 1 unspecified atom stereocenters. The van der Waals surface area contributed by atoms with Gasteiger partial charge in [-0.25, -0.2) is 0 Å². The number of ether oxygens (including phenoxy) is 2. The molecule has 0 amide bonds. The predicted octanol–water partition coefficient (Wildman–Crippen LogP) is 0.457. The molecule has 0 spiro atoms. The number of hydrogen-bond acceptors (Lipinski definition) is 3. The maximum absolute atomic E-state index is 5.56. The molecule has 0 aromatic heterocycles. The predicted molar refractivity (Wildman–Crippen MR) is 62.7 cm³/mol. The van der Waals surface area contributed by atoms with Crippen LogP contribution in [0.25, 0.3) is 0 Å². The molecule has 0 aliphatic rings. The van der Waals surface area contributed by atoms with Crippen LogP contribution in [-0.4, -0.2) is 46.4 Å². The molecule has 84 valence electrons. The minimum Gasteiger partial charge on any atom is -0.380 e. The van der Waals surface area contributed by atoms with Gasteiger partial charge in [0.15, 0.2) is 0 Å². The molecule has 4 heteroatoms. The van der Waals surface area contributed by atoms with Crippen LogP contribution in [0.1, 0.15) is 20.8 Å². The van der Waals surface area contributed by atoms with Crippen LogP contribution in [0, 0.1) is 0 Å². The zero-order valence-corrected chi connectivity index (χ0v) is 10.0. The molecule has 0 aromatic rings. The van der Waals surface area contributed by atoms with Crippen LogP contribution in [0.4, 0.5) is 0 Å². The third kappa shape index (κ3) is 8.54. The van der Waals surface area contributed by atoms with Crippen LogP contribution in [-0.2, 0) is 9.47 Å². The van der Waals surface area contributed by atoms with E-state index >= 15 is 0 Å². The molecule has 0 heterocycles. The van der Waals surface area contributed by atoms with Crippen molar-refractivity contribution < 1.29 is 9.47 Å². The monoisotopic (exact) mass is 201 g/mol. The van der Waals surface area contributed by atoms with Crippen LogP contribution in [0.3, 0.4) is 0 Å². The molecule has 14 heavy (non-hydrogen) atoms. The minimum atomic E-state index is 0.294. The molecule has 0 rings (SSSR count). The highest BCUT2D eigenvalue weighted by Gasteiger charge is 2.08. The average molecular weight is 201 g/mol. The SMILES string of the molecule is BCCNC(COCC)COC(C)C. The Morgan fingerprint density at radius 1 is 1.29 bits per heavy atom. The highest BCUT2D eigenvalue weighted by Crippen LogP contribution is 1.93. The summed E-state index contributed by atoms with van der Waals surface area (Å²) in [6.45, 7) is 9.39. The quantitative estimate of drug-likeness (QED) is 0.549. The summed E-state index contributed by atoms with van der Waals surface area (Å²) in [5.41, 5.74) is 0. The van der Waals surface area contributed by atoms with Gasteiger partial charge < -0.3 is 14.8 Å². The third-order valence-electron chi connectivity index (χ3n) is 1.84. The Kier molecular flexibility index (Phi) is 9.46. The molecule has 0 aromatic carbocycles. The largest absolute Gasteiger partial charge is 0.380 e. The molecule has 1 N–H and O–H groups in total. The highest BCUT2D eigenvalue weighted by atomic mass is 16.5. The first kappa shape index (κ1) is 13.9. The van der Waals surface area contributed by atoms with Gasteiger partial charge in [0.25, 0.3) is 0 Å². The summed E-state index contributed by atoms with van der Waals surface area (Å²) in [5, 5.41) is 3.41. The van der Waals surface area contributed by atoms with Gasteiger partial charge in [0, 0.05) is 6.61 Å². The van der Waals surface area contributed by atoms with E-state index in [4.69, 9.17) is 9.47 Å². The van der Waals surface area contributed by atoms with Gasteiger partial charge in [-0.05, 0) is 27.3 Å². The second-order valence-corrected chi connectivity index (χ2v) is 3.69. The summed E-state index contributed by atoms with van der Waals surface area (Å²) in [7, 11) is 2.16. The molecule has 0 saturated carbocycles. The lowest BCUT2D eigenvalue weighted by Gasteiger charge is -2.19. The van der Waals surface area contributed by atoms with Crippen molar-refractivity contribution in [3.63, 3.8) is 0 Å². The first-order chi connectivity index (χ1) is 6.70. The van der Waals surface area contributed by atoms with Crippen LogP contribution >= 0.6 is 0 Å². The van der Waals surface area contributed by atoms with E-state index in [0.29, 0.717) is 12.1 Å². The maximum atomic E-state index is 5.56. The van der Waals surface area contributed by atoms with Crippen molar-refractivity contribution in [3.8, 4) is 0 Å². The van der Waals surface area contributed by atoms with Gasteiger partial charge in [0.05, 0.1) is 25.4 Å². The van der Waals surface area contributed by atoms with E-state index in [-0.39, 0.29) is 0 Å². The van der Waals surface area contributed by atoms with Gasteiger partial charge in [0.1, 0.15) is 7.85 Å². The average Bonchev–Trinajstić information content (AvgIpc) is 2.16. The molecule has 0 bridgehead atoms. The molecular weight excluding hydrogens is 177 g/mol. The van der Waals surface area contributed by atoms with E-state index in [2.05, 4.69) is 27.0 Å². The fraction of sp³-hybridized carbons (Fsp3) is 1.00.